The van der Waals surface area contributed by atoms with Crippen LogP contribution in [0, 0.1) is 40.4 Å². The van der Waals surface area contributed by atoms with Gasteiger partial charge in [0.2, 0.25) is 0 Å². The maximum Gasteiger partial charge on any atom is 0.178 e. The van der Waals surface area contributed by atoms with Crippen LogP contribution in [0.25, 0.3) is 0 Å². The number of carbonyl (C=O) groups is 2. The van der Waals surface area contributed by atoms with E-state index in [0.717, 1.165) is 36.8 Å². The normalized spacial score (nSPS) is 36.9. The minimum atomic E-state index is -0.217. The van der Waals surface area contributed by atoms with Crippen LogP contribution in [-0.2, 0) is 14.3 Å². The molecule has 0 amide bonds. The van der Waals surface area contributed by atoms with Crippen LogP contribution in [0.15, 0.2) is 42.0 Å². The summed E-state index contributed by atoms with van der Waals surface area (Å²) >= 11 is 12.1. The lowest BCUT2D eigenvalue weighted by Crippen LogP contribution is -2.53. The molecule has 33 heavy (non-hydrogen) atoms. The molecule has 172 valence electrons. The summed E-state index contributed by atoms with van der Waals surface area (Å²) in [6.45, 7) is 4.68. The molecule has 0 heterocycles. The van der Waals surface area contributed by atoms with Gasteiger partial charge in [-0.05, 0) is 79.4 Å². The lowest BCUT2D eigenvalue weighted by Gasteiger charge is -2.57. The highest BCUT2D eigenvalue weighted by Gasteiger charge is 2.60. The monoisotopic (exact) mass is 482 g/mol. The van der Waals surface area contributed by atoms with Crippen LogP contribution in [0.5, 0.6) is 0 Å². The van der Waals surface area contributed by atoms with Crippen LogP contribution in [0.1, 0.15) is 51.5 Å². The lowest BCUT2D eigenvalue weighted by atomic mass is 9.48. The summed E-state index contributed by atoms with van der Waals surface area (Å²) in [4.78, 5) is 25.0. The zero-order valence-electron chi connectivity index (χ0n) is 19.0. The Kier molecular flexibility index (Phi) is 5.84. The molecule has 0 aromatic heterocycles. The van der Waals surface area contributed by atoms with Crippen molar-refractivity contribution in [1.82, 2.24) is 0 Å². The summed E-state index contributed by atoms with van der Waals surface area (Å²) < 4.78 is 6.33. The average Bonchev–Trinajstić information content (AvgIpc) is 3.09. The number of ether oxygens (including phenoxy) is 1. The molecule has 4 aliphatic rings. The van der Waals surface area contributed by atoms with Crippen LogP contribution in [-0.4, -0.2) is 24.3 Å². The highest BCUT2D eigenvalue weighted by atomic mass is 35.5. The Morgan fingerprint density at radius 3 is 2.73 bits per heavy atom. The van der Waals surface area contributed by atoms with Crippen molar-refractivity contribution in [1.29, 1.82) is 0 Å². The van der Waals surface area contributed by atoms with Gasteiger partial charge in [-0.15, -0.1) is 0 Å². The van der Waals surface area contributed by atoms with Gasteiger partial charge in [0.25, 0.3) is 0 Å². The summed E-state index contributed by atoms with van der Waals surface area (Å²) in [5.74, 6) is 7.85. The van der Waals surface area contributed by atoms with Gasteiger partial charge >= 0.3 is 0 Å². The SMILES string of the molecule is CC12C=CC(=O)C=C1C(OCC#Cc1ccc(Cl)c(Cl)c1)CC1C2CCC2(C)C(=O)CCC12. The molecule has 6 unspecified atom stereocenters. The van der Waals surface area contributed by atoms with Crippen molar-refractivity contribution in [2.45, 2.75) is 52.1 Å². The molecular formula is C28H28Cl2O3. The Balaban J connectivity index is 1.40. The third kappa shape index (κ3) is 3.81. The molecule has 3 nitrogen and oxygen atoms in total. The number of allylic oxidation sites excluding steroid dienone is 3. The van der Waals surface area contributed by atoms with Crippen molar-refractivity contribution in [2.24, 2.45) is 28.6 Å². The van der Waals surface area contributed by atoms with Crippen molar-refractivity contribution in [3.63, 3.8) is 0 Å². The van der Waals surface area contributed by atoms with Gasteiger partial charge in [0, 0.05) is 22.8 Å². The minimum Gasteiger partial charge on any atom is -0.361 e. The number of hydrogen-bond donors (Lipinski definition) is 0. The molecule has 0 radical (unpaired) electrons. The molecule has 5 heteroatoms. The Morgan fingerprint density at radius 2 is 1.94 bits per heavy atom. The molecule has 0 N–H and O–H groups in total. The Morgan fingerprint density at radius 1 is 1.12 bits per heavy atom. The number of benzene rings is 1. The van der Waals surface area contributed by atoms with E-state index in [2.05, 4.69) is 31.8 Å². The topological polar surface area (TPSA) is 43.4 Å². The smallest absolute Gasteiger partial charge is 0.178 e. The van der Waals surface area contributed by atoms with Gasteiger partial charge in [0.05, 0.1) is 16.1 Å². The summed E-state index contributed by atoms with van der Waals surface area (Å²) in [6, 6.07) is 5.30. The van der Waals surface area contributed by atoms with Crippen molar-refractivity contribution in [3.05, 3.63) is 57.6 Å². The summed E-state index contributed by atoms with van der Waals surface area (Å²) in [7, 11) is 0. The number of ketones is 2. The molecule has 3 fully saturated rings. The Bertz CT molecular complexity index is 1140. The molecule has 0 aliphatic heterocycles. The first-order valence-electron chi connectivity index (χ1n) is 11.8. The molecule has 5 rings (SSSR count). The second-order valence-corrected chi connectivity index (χ2v) is 11.2. The molecule has 4 aliphatic carbocycles. The molecule has 3 saturated carbocycles. The van der Waals surface area contributed by atoms with Crippen molar-refractivity contribution in [3.8, 4) is 11.8 Å². The molecule has 0 saturated heterocycles. The van der Waals surface area contributed by atoms with E-state index in [1.807, 2.05) is 6.07 Å². The summed E-state index contributed by atoms with van der Waals surface area (Å²) in [6.07, 6.45) is 9.88. The number of halogens is 2. The van der Waals surface area contributed by atoms with Crippen LogP contribution in [0.2, 0.25) is 10.0 Å². The molecule has 0 spiro atoms. The maximum atomic E-state index is 12.7. The van der Waals surface area contributed by atoms with E-state index < -0.39 is 0 Å². The van der Waals surface area contributed by atoms with E-state index in [9.17, 15) is 9.59 Å². The second-order valence-electron chi connectivity index (χ2n) is 10.4. The molecule has 0 bridgehead atoms. The highest BCUT2D eigenvalue weighted by molar-refractivity contribution is 6.42. The Hall–Kier alpha value is -1.86. The van der Waals surface area contributed by atoms with Crippen LogP contribution in [0.3, 0.4) is 0 Å². The maximum absolute atomic E-state index is 12.7. The second kappa shape index (κ2) is 8.42. The van der Waals surface area contributed by atoms with E-state index in [1.165, 1.54) is 0 Å². The third-order valence-corrected chi connectivity index (χ3v) is 9.51. The number of carbonyl (C=O) groups excluding carboxylic acids is 2. The molecule has 1 aromatic carbocycles. The van der Waals surface area contributed by atoms with Gasteiger partial charge in [0.15, 0.2) is 5.78 Å². The predicted octanol–water partition coefficient (Wildman–Crippen LogP) is 6.22. The quantitative estimate of drug-likeness (QED) is 0.470. The number of rotatable bonds is 2. The van der Waals surface area contributed by atoms with Gasteiger partial charge in [0.1, 0.15) is 12.4 Å². The van der Waals surface area contributed by atoms with Gasteiger partial charge in [-0.25, -0.2) is 0 Å². The summed E-state index contributed by atoms with van der Waals surface area (Å²) in [5.41, 5.74) is 1.43. The van der Waals surface area contributed by atoms with E-state index in [0.29, 0.717) is 40.0 Å². The van der Waals surface area contributed by atoms with Crippen LogP contribution >= 0.6 is 23.2 Å². The molecule has 6 atom stereocenters. The zero-order chi connectivity index (χ0) is 23.4. The van der Waals surface area contributed by atoms with Crippen LogP contribution < -0.4 is 0 Å². The Labute approximate surface area is 205 Å². The fourth-order valence-corrected chi connectivity index (χ4v) is 7.30. The van der Waals surface area contributed by atoms with Crippen molar-refractivity contribution in [2.75, 3.05) is 6.61 Å². The fourth-order valence-electron chi connectivity index (χ4n) is 7.00. The van der Waals surface area contributed by atoms with Gasteiger partial charge in [-0.3, -0.25) is 9.59 Å². The first-order chi connectivity index (χ1) is 15.7. The van der Waals surface area contributed by atoms with Gasteiger partial charge in [-0.2, -0.15) is 0 Å². The fraction of sp³-hybridized carbons (Fsp3) is 0.500. The standard InChI is InChI=1S/C28H28Cl2O3/c1-27-11-9-18(31)15-22(27)25(33-13-3-4-17-5-7-23(29)24(30)14-17)16-19-20-6-8-26(32)28(20,2)12-10-21(19)27/h5,7,9,11,14-15,19-21,25H,6,8,10,12-13,16H2,1-2H3. The summed E-state index contributed by atoms with van der Waals surface area (Å²) in [5, 5.41) is 0.976. The van der Waals surface area contributed by atoms with Gasteiger partial charge < -0.3 is 4.74 Å². The van der Waals surface area contributed by atoms with Gasteiger partial charge in [-0.1, -0.05) is 55.0 Å². The minimum absolute atomic E-state index is 0.0214. The molecule has 1 aromatic rings. The number of hydrogen-bond acceptors (Lipinski definition) is 3. The van der Waals surface area contributed by atoms with Crippen LogP contribution in [0.4, 0.5) is 0 Å². The van der Waals surface area contributed by atoms with E-state index >= 15 is 0 Å². The largest absolute Gasteiger partial charge is 0.361 e. The first kappa shape index (κ1) is 22.9. The lowest BCUT2D eigenvalue weighted by molar-refractivity contribution is -0.133. The highest BCUT2D eigenvalue weighted by Crippen LogP contribution is 2.63. The molecular weight excluding hydrogens is 455 g/mol. The first-order valence-corrected chi connectivity index (χ1v) is 12.5. The average molecular weight is 483 g/mol. The number of fused-ring (bicyclic) bond motifs is 5. The zero-order valence-corrected chi connectivity index (χ0v) is 20.5. The van der Waals surface area contributed by atoms with Crippen molar-refractivity contribution >= 4 is 34.8 Å². The number of Topliss-reactive ketones (excluding diaryl/α,β-unsaturated/α-hetero) is 1. The van der Waals surface area contributed by atoms with E-state index in [1.54, 1.807) is 24.3 Å². The van der Waals surface area contributed by atoms with Crippen molar-refractivity contribution < 1.29 is 14.3 Å². The third-order valence-electron chi connectivity index (χ3n) is 8.77. The van der Waals surface area contributed by atoms with E-state index in [4.69, 9.17) is 27.9 Å². The van der Waals surface area contributed by atoms with E-state index in [-0.39, 0.29) is 29.3 Å². The predicted molar refractivity (Wildman–Crippen MR) is 130 cm³/mol.